The van der Waals surface area contributed by atoms with Gasteiger partial charge in [0.15, 0.2) is 5.69 Å². The van der Waals surface area contributed by atoms with Crippen LogP contribution in [0.2, 0.25) is 0 Å². The van der Waals surface area contributed by atoms with Crippen molar-refractivity contribution in [2.45, 2.75) is 12.6 Å². The molecule has 2 N–H and O–H groups in total. The average molecular weight is 323 g/mol. The van der Waals surface area contributed by atoms with E-state index in [4.69, 9.17) is 0 Å². The first-order valence-electron chi connectivity index (χ1n) is 7.79. The predicted octanol–water partition coefficient (Wildman–Crippen LogP) is 1.18. The topological polar surface area (TPSA) is 87.0 Å². The molecule has 0 saturated carbocycles. The van der Waals surface area contributed by atoms with Gasteiger partial charge in [-0.3, -0.25) is 9.89 Å². The minimum absolute atomic E-state index is 0.0828. The van der Waals surface area contributed by atoms with Gasteiger partial charge < -0.3 is 14.6 Å². The average Bonchev–Trinajstić information content (AvgIpc) is 3.34. The van der Waals surface area contributed by atoms with Crippen molar-refractivity contribution in [3.05, 3.63) is 60.2 Å². The first-order chi connectivity index (χ1) is 11.8. The van der Waals surface area contributed by atoms with Crippen molar-refractivity contribution in [2.24, 2.45) is 0 Å². The number of aliphatic hydroxyl groups is 1. The summed E-state index contributed by atoms with van der Waals surface area (Å²) in [5.41, 5.74) is 3.15. The van der Waals surface area contributed by atoms with Gasteiger partial charge in [-0.1, -0.05) is 24.3 Å². The molecule has 0 fully saturated rings. The van der Waals surface area contributed by atoms with Crippen molar-refractivity contribution >= 4 is 16.9 Å². The van der Waals surface area contributed by atoms with Gasteiger partial charge in [0.2, 0.25) is 0 Å². The fourth-order valence-corrected chi connectivity index (χ4v) is 2.98. The van der Waals surface area contributed by atoms with Gasteiger partial charge in [-0.2, -0.15) is 5.10 Å². The second kappa shape index (κ2) is 5.93. The standard InChI is InChI=1S/C17H17N5O2/c23-10-13-4-3-7-22(13)17(24)15-8-12(19-20-15)9-21-11-18-14-5-1-2-6-16(14)21/h1-6,8,11,13,23H,7,9-10H2,(H,19,20). The zero-order valence-electron chi connectivity index (χ0n) is 13.0. The number of rotatable bonds is 4. The van der Waals surface area contributed by atoms with E-state index in [-0.39, 0.29) is 18.6 Å². The number of amides is 1. The third kappa shape index (κ3) is 2.48. The lowest BCUT2D eigenvalue weighted by Crippen LogP contribution is -2.38. The number of fused-ring (bicyclic) bond motifs is 1. The number of para-hydroxylation sites is 2. The maximum absolute atomic E-state index is 12.5. The summed E-state index contributed by atoms with van der Waals surface area (Å²) >= 11 is 0. The van der Waals surface area contributed by atoms with E-state index in [1.807, 2.05) is 41.0 Å². The molecule has 1 aliphatic rings. The molecule has 0 aliphatic carbocycles. The van der Waals surface area contributed by atoms with E-state index in [1.165, 1.54) is 0 Å². The first kappa shape index (κ1) is 14.6. The Kier molecular flexibility index (Phi) is 3.62. The fraction of sp³-hybridized carbons (Fsp3) is 0.235. The summed E-state index contributed by atoms with van der Waals surface area (Å²) in [6.45, 7) is 0.974. The smallest absolute Gasteiger partial charge is 0.275 e. The predicted molar refractivity (Wildman–Crippen MR) is 88.5 cm³/mol. The Morgan fingerprint density at radius 3 is 3.12 bits per heavy atom. The third-order valence-corrected chi connectivity index (χ3v) is 4.23. The number of nitrogens with zero attached hydrogens (tertiary/aromatic N) is 4. The molecule has 4 rings (SSSR count). The minimum atomic E-state index is -0.268. The number of H-pyrrole nitrogens is 1. The largest absolute Gasteiger partial charge is 0.394 e. The Labute approximate surface area is 138 Å². The number of aromatic nitrogens is 4. The van der Waals surface area contributed by atoms with E-state index in [0.717, 1.165) is 16.7 Å². The lowest BCUT2D eigenvalue weighted by Gasteiger charge is -2.21. The van der Waals surface area contributed by atoms with Crippen LogP contribution in [-0.4, -0.2) is 54.9 Å². The lowest BCUT2D eigenvalue weighted by atomic mass is 10.2. The van der Waals surface area contributed by atoms with Crippen molar-refractivity contribution in [1.29, 1.82) is 0 Å². The van der Waals surface area contributed by atoms with Crippen LogP contribution in [0.3, 0.4) is 0 Å². The van der Waals surface area contributed by atoms with Crippen LogP contribution in [0.25, 0.3) is 11.0 Å². The van der Waals surface area contributed by atoms with Crippen LogP contribution in [0.1, 0.15) is 16.2 Å². The highest BCUT2D eigenvalue weighted by Gasteiger charge is 2.26. The quantitative estimate of drug-likeness (QED) is 0.706. The summed E-state index contributed by atoms with van der Waals surface area (Å²) in [6.07, 6.45) is 5.49. The van der Waals surface area contributed by atoms with Crippen molar-refractivity contribution in [3.8, 4) is 0 Å². The number of nitrogens with one attached hydrogen (secondary N) is 1. The number of benzene rings is 1. The van der Waals surface area contributed by atoms with Gasteiger partial charge in [0.25, 0.3) is 5.91 Å². The Bertz CT molecular complexity index is 910. The van der Waals surface area contributed by atoms with Crippen LogP contribution >= 0.6 is 0 Å². The van der Waals surface area contributed by atoms with Crippen LogP contribution in [0, 0.1) is 0 Å². The molecule has 0 radical (unpaired) electrons. The lowest BCUT2D eigenvalue weighted by molar-refractivity contribution is 0.0694. The van der Waals surface area contributed by atoms with Crippen LogP contribution in [0.4, 0.5) is 0 Å². The van der Waals surface area contributed by atoms with E-state index in [9.17, 15) is 9.90 Å². The van der Waals surface area contributed by atoms with Gasteiger partial charge in [0.05, 0.1) is 42.2 Å². The normalized spacial score (nSPS) is 17.0. The second-order valence-electron chi connectivity index (χ2n) is 5.78. The van der Waals surface area contributed by atoms with E-state index >= 15 is 0 Å². The second-order valence-corrected chi connectivity index (χ2v) is 5.78. The third-order valence-electron chi connectivity index (χ3n) is 4.23. The summed E-state index contributed by atoms with van der Waals surface area (Å²) in [6, 6.07) is 9.38. The summed E-state index contributed by atoms with van der Waals surface area (Å²) in [7, 11) is 0. The highest BCUT2D eigenvalue weighted by Crippen LogP contribution is 2.16. The molecule has 0 spiro atoms. The van der Waals surface area contributed by atoms with Crippen molar-refractivity contribution in [2.75, 3.05) is 13.2 Å². The highest BCUT2D eigenvalue weighted by molar-refractivity contribution is 5.93. The van der Waals surface area contributed by atoms with Crippen LogP contribution < -0.4 is 0 Å². The molecule has 2 aromatic heterocycles. The molecule has 1 atom stereocenters. The monoisotopic (exact) mass is 323 g/mol. The van der Waals surface area contributed by atoms with E-state index in [1.54, 1.807) is 17.3 Å². The van der Waals surface area contributed by atoms with E-state index in [2.05, 4.69) is 15.2 Å². The SMILES string of the molecule is O=C(c1cc(Cn2cnc3ccccc32)[nH]n1)N1CC=CC1CO. The summed E-state index contributed by atoms with van der Waals surface area (Å²) in [5.74, 6) is -0.183. The van der Waals surface area contributed by atoms with Crippen molar-refractivity contribution in [3.63, 3.8) is 0 Å². The van der Waals surface area contributed by atoms with Gasteiger partial charge in [-0.25, -0.2) is 4.98 Å². The Morgan fingerprint density at radius 1 is 1.38 bits per heavy atom. The molecule has 24 heavy (non-hydrogen) atoms. The van der Waals surface area contributed by atoms with Crippen LogP contribution in [0.15, 0.2) is 48.8 Å². The molecule has 0 saturated heterocycles. The van der Waals surface area contributed by atoms with Crippen molar-refractivity contribution < 1.29 is 9.90 Å². The van der Waals surface area contributed by atoms with Gasteiger partial charge in [-0.15, -0.1) is 0 Å². The van der Waals surface area contributed by atoms with E-state index < -0.39 is 0 Å². The number of aromatic amines is 1. The first-order valence-corrected chi connectivity index (χ1v) is 7.79. The molecule has 122 valence electrons. The van der Waals surface area contributed by atoms with Gasteiger partial charge in [0.1, 0.15) is 0 Å². The molecule has 1 aromatic carbocycles. The summed E-state index contributed by atoms with van der Waals surface area (Å²) < 4.78 is 2.01. The molecular weight excluding hydrogens is 306 g/mol. The number of hydrogen-bond donors (Lipinski definition) is 2. The van der Waals surface area contributed by atoms with Crippen molar-refractivity contribution in [1.82, 2.24) is 24.6 Å². The zero-order chi connectivity index (χ0) is 16.5. The molecule has 3 heterocycles. The molecule has 7 heteroatoms. The number of carbonyl (C=O) groups is 1. The molecule has 1 amide bonds. The highest BCUT2D eigenvalue weighted by atomic mass is 16.3. The maximum atomic E-state index is 12.5. The number of aliphatic hydroxyl groups excluding tert-OH is 1. The minimum Gasteiger partial charge on any atom is -0.394 e. The van der Waals surface area contributed by atoms with Gasteiger partial charge in [0, 0.05) is 6.54 Å². The number of hydrogen-bond acceptors (Lipinski definition) is 4. The molecule has 0 bridgehead atoms. The van der Waals surface area contributed by atoms with E-state index in [0.29, 0.717) is 18.8 Å². The molecular formula is C17H17N5O2. The molecule has 3 aromatic rings. The molecule has 1 aliphatic heterocycles. The van der Waals surface area contributed by atoms with Crippen LogP contribution in [0.5, 0.6) is 0 Å². The van der Waals surface area contributed by atoms with Gasteiger partial charge in [-0.05, 0) is 18.2 Å². The fourth-order valence-electron chi connectivity index (χ4n) is 2.98. The van der Waals surface area contributed by atoms with Crippen LogP contribution in [-0.2, 0) is 6.54 Å². The summed E-state index contributed by atoms with van der Waals surface area (Å²) in [5, 5.41) is 16.4. The number of carbonyl (C=O) groups excluding carboxylic acids is 1. The Hall–Kier alpha value is -2.93. The molecule has 1 unspecified atom stereocenters. The number of imidazole rings is 1. The molecule has 7 nitrogen and oxygen atoms in total. The Morgan fingerprint density at radius 2 is 2.25 bits per heavy atom. The summed E-state index contributed by atoms with van der Waals surface area (Å²) in [4.78, 5) is 18.5. The zero-order valence-corrected chi connectivity index (χ0v) is 13.0. The van der Waals surface area contributed by atoms with Gasteiger partial charge >= 0.3 is 0 Å². The Balaban J connectivity index is 1.54. The maximum Gasteiger partial charge on any atom is 0.275 e.